The van der Waals surface area contributed by atoms with Gasteiger partial charge in [-0.2, -0.15) is 0 Å². The molecule has 0 atom stereocenters. The molecule has 2 aromatic rings. The van der Waals surface area contributed by atoms with Crippen molar-refractivity contribution >= 4 is 5.91 Å². The first-order chi connectivity index (χ1) is 11.6. The molecule has 0 radical (unpaired) electrons. The number of morpholine rings is 1. The standard InChI is InChI=1S/C21H25NO2/c1-21(2,20(23)22-13-15-24-16-14-22)19(17-9-5-3-6-10-17)18-11-7-4-8-12-18/h3-12,19H,13-16H2,1-2H3. The molecule has 0 aliphatic carbocycles. The fraction of sp³-hybridized carbons (Fsp3) is 0.381. The number of carbonyl (C=O) groups excluding carboxylic acids is 1. The van der Waals surface area contributed by atoms with Crippen molar-refractivity contribution in [2.24, 2.45) is 5.41 Å². The van der Waals surface area contributed by atoms with Crippen LogP contribution in [0.15, 0.2) is 60.7 Å². The van der Waals surface area contributed by atoms with E-state index in [1.165, 1.54) is 11.1 Å². The smallest absolute Gasteiger partial charge is 0.229 e. The Morgan fingerprint density at radius 3 is 1.83 bits per heavy atom. The van der Waals surface area contributed by atoms with Crippen molar-refractivity contribution in [3.63, 3.8) is 0 Å². The van der Waals surface area contributed by atoms with E-state index in [1.54, 1.807) is 0 Å². The Bertz CT molecular complexity index is 621. The highest BCUT2D eigenvalue weighted by Gasteiger charge is 2.41. The predicted octanol–water partition coefficient (Wildman–Crippen LogP) is 3.70. The van der Waals surface area contributed by atoms with Gasteiger partial charge in [-0.05, 0) is 11.1 Å². The van der Waals surface area contributed by atoms with Gasteiger partial charge in [0.1, 0.15) is 0 Å². The molecule has 3 nitrogen and oxygen atoms in total. The van der Waals surface area contributed by atoms with Crippen LogP contribution < -0.4 is 0 Å². The number of amides is 1. The van der Waals surface area contributed by atoms with Crippen molar-refractivity contribution in [1.82, 2.24) is 4.90 Å². The first kappa shape index (κ1) is 16.7. The van der Waals surface area contributed by atoms with Gasteiger partial charge in [-0.3, -0.25) is 4.79 Å². The number of nitrogens with zero attached hydrogens (tertiary/aromatic N) is 1. The van der Waals surface area contributed by atoms with Crippen LogP contribution in [0.5, 0.6) is 0 Å². The van der Waals surface area contributed by atoms with Crippen LogP contribution in [-0.2, 0) is 9.53 Å². The lowest BCUT2D eigenvalue weighted by atomic mass is 9.70. The van der Waals surface area contributed by atoms with Crippen molar-refractivity contribution in [3.8, 4) is 0 Å². The van der Waals surface area contributed by atoms with Gasteiger partial charge in [0, 0.05) is 19.0 Å². The first-order valence-corrected chi connectivity index (χ1v) is 8.57. The van der Waals surface area contributed by atoms with Gasteiger partial charge < -0.3 is 9.64 Å². The van der Waals surface area contributed by atoms with Crippen LogP contribution in [0, 0.1) is 5.41 Å². The zero-order chi connectivity index (χ0) is 17.0. The molecular formula is C21H25NO2. The number of hydrogen-bond acceptors (Lipinski definition) is 2. The lowest BCUT2D eigenvalue weighted by Crippen LogP contribution is -2.48. The van der Waals surface area contributed by atoms with Crippen molar-refractivity contribution in [2.75, 3.05) is 26.3 Å². The summed E-state index contributed by atoms with van der Waals surface area (Å²) in [4.78, 5) is 15.2. The third kappa shape index (κ3) is 3.36. The normalized spacial score (nSPS) is 15.5. The topological polar surface area (TPSA) is 29.5 Å². The fourth-order valence-electron chi connectivity index (χ4n) is 3.61. The SMILES string of the molecule is CC(C)(C(=O)N1CCOCC1)C(c1ccccc1)c1ccccc1. The Kier molecular flexibility index (Phi) is 5.00. The highest BCUT2D eigenvalue weighted by atomic mass is 16.5. The third-order valence-corrected chi connectivity index (χ3v) is 4.84. The minimum absolute atomic E-state index is 0.0234. The van der Waals surface area contributed by atoms with Gasteiger partial charge in [0.2, 0.25) is 5.91 Å². The van der Waals surface area contributed by atoms with Crippen LogP contribution in [0.1, 0.15) is 30.9 Å². The molecule has 1 heterocycles. The molecule has 0 bridgehead atoms. The second-order valence-electron chi connectivity index (χ2n) is 6.88. The largest absolute Gasteiger partial charge is 0.378 e. The molecule has 3 heteroatoms. The molecule has 0 aromatic heterocycles. The molecule has 24 heavy (non-hydrogen) atoms. The molecule has 1 saturated heterocycles. The number of ether oxygens (including phenoxy) is 1. The number of hydrogen-bond donors (Lipinski definition) is 0. The third-order valence-electron chi connectivity index (χ3n) is 4.84. The molecule has 0 saturated carbocycles. The minimum Gasteiger partial charge on any atom is -0.378 e. The molecular weight excluding hydrogens is 298 g/mol. The maximum absolute atomic E-state index is 13.3. The van der Waals surface area contributed by atoms with E-state index in [1.807, 2.05) is 41.3 Å². The molecule has 1 amide bonds. The molecule has 0 spiro atoms. The van der Waals surface area contributed by atoms with Crippen LogP contribution in [0.2, 0.25) is 0 Å². The fourth-order valence-corrected chi connectivity index (χ4v) is 3.61. The average molecular weight is 323 g/mol. The molecule has 126 valence electrons. The summed E-state index contributed by atoms with van der Waals surface area (Å²) in [5, 5.41) is 0. The Hall–Kier alpha value is -2.13. The second kappa shape index (κ2) is 7.18. The molecule has 0 unspecified atom stereocenters. The van der Waals surface area contributed by atoms with E-state index >= 15 is 0 Å². The van der Waals surface area contributed by atoms with E-state index in [2.05, 4.69) is 38.1 Å². The van der Waals surface area contributed by atoms with Gasteiger partial charge in [-0.1, -0.05) is 74.5 Å². The van der Waals surface area contributed by atoms with E-state index < -0.39 is 5.41 Å². The van der Waals surface area contributed by atoms with Crippen LogP contribution in [0.25, 0.3) is 0 Å². The highest BCUT2D eigenvalue weighted by Crippen LogP contribution is 2.42. The Morgan fingerprint density at radius 1 is 0.917 bits per heavy atom. The van der Waals surface area contributed by atoms with Crippen LogP contribution >= 0.6 is 0 Å². The molecule has 1 aliphatic rings. The van der Waals surface area contributed by atoms with Gasteiger partial charge in [-0.25, -0.2) is 0 Å². The Morgan fingerprint density at radius 2 is 1.38 bits per heavy atom. The Balaban J connectivity index is 1.99. The lowest BCUT2D eigenvalue weighted by Gasteiger charge is -2.39. The molecule has 2 aromatic carbocycles. The van der Waals surface area contributed by atoms with Crippen LogP contribution in [0.3, 0.4) is 0 Å². The maximum atomic E-state index is 13.3. The quantitative estimate of drug-likeness (QED) is 0.858. The summed E-state index contributed by atoms with van der Waals surface area (Å²) in [5.74, 6) is 0.221. The van der Waals surface area contributed by atoms with Gasteiger partial charge in [0.25, 0.3) is 0 Å². The first-order valence-electron chi connectivity index (χ1n) is 8.57. The molecule has 3 rings (SSSR count). The van der Waals surface area contributed by atoms with Gasteiger partial charge in [0.05, 0.1) is 18.6 Å². The summed E-state index contributed by atoms with van der Waals surface area (Å²) in [6, 6.07) is 20.7. The van der Waals surface area contributed by atoms with Crippen LogP contribution in [0.4, 0.5) is 0 Å². The summed E-state index contributed by atoms with van der Waals surface area (Å²) in [5.41, 5.74) is 1.82. The molecule has 0 N–H and O–H groups in total. The average Bonchev–Trinajstić information content (AvgIpc) is 2.63. The van der Waals surface area contributed by atoms with Crippen molar-refractivity contribution in [2.45, 2.75) is 19.8 Å². The van der Waals surface area contributed by atoms with Crippen molar-refractivity contribution in [1.29, 1.82) is 0 Å². The molecule has 1 aliphatic heterocycles. The highest BCUT2D eigenvalue weighted by molar-refractivity contribution is 5.84. The van der Waals surface area contributed by atoms with Crippen molar-refractivity contribution in [3.05, 3.63) is 71.8 Å². The monoisotopic (exact) mass is 323 g/mol. The summed E-state index contributed by atoms with van der Waals surface area (Å²) < 4.78 is 5.40. The lowest BCUT2D eigenvalue weighted by molar-refractivity contribution is -0.145. The Labute approximate surface area is 144 Å². The maximum Gasteiger partial charge on any atom is 0.229 e. The zero-order valence-corrected chi connectivity index (χ0v) is 14.4. The van der Waals surface area contributed by atoms with E-state index in [0.717, 1.165) is 0 Å². The summed E-state index contributed by atoms with van der Waals surface area (Å²) in [7, 11) is 0. The van der Waals surface area contributed by atoms with Gasteiger partial charge in [0.15, 0.2) is 0 Å². The number of rotatable bonds is 4. The summed E-state index contributed by atoms with van der Waals surface area (Å²) >= 11 is 0. The van der Waals surface area contributed by atoms with E-state index in [-0.39, 0.29) is 11.8 Å². The summed E-state index contributed by atoms with van der Waals surface area (Å²) in [6.45, 7) is 6.74. The van der Waals surface area contributed by atoms with Gasteiger partial charge >= 0.3 is 0 Å². The van der Waals surface area contributed by atoms with E-state index in [9.17, 15) is 4.79 Å². The van der Waals surface area contributed by atoms with E-state index in [0.29, 0.717) is 26.3 Å². The zero-order valence-electron chi connectivity index (χ0n) is 14.4. The summed E-state index contributed by atoms with van der Waals surface area (Å²) in [6.07, 6.45) is 0. The van der Waals surface area contributed by atoms with Crippen molar-refractivity contribution < 1.29 is 9.53 Å². The minimum atomic E-state index is -0.528. The van der Waals surface area contributed by atoms with Gasteiger partial charge in [-0.15, -0.1) is 0 Å². The van der Waals surface area contributed by atoms with E-state index in [4.69, 9.17) is 4.74 Å². The number of carbonyl (C=O) groups is 1. The predicted molar refractivity (Wildman–Crippen MR) is 95.9 cm³/mol. The van der Waals surface area contributed by atoms with Crippen LogP contribution in [-0.4, -0.2) is 37.1 Å². The number of benzene rings is 2. The second-order valence-corrected chi connectivity index (χ2v) is 6.88. The molecule has 1 fully saturated rings.